The summed E-state index contributed by atoms with van der Waals surface area (Å²) in [5.74, 6) is -0.438. The number of nitrogens with two attached hydrogens (primary N) is 1. The van der Waals surface area contributed by atoms with Crippen molar-refractivity contribution in [2.75, 3.05) is 5.73 Å². The molecule has 0 aliphatic rings. The van der Waals surface area contributed by atoms with Crippen molar-refractivity contribution >= 4 is 44.6 Å². The number of carbonyl (C=O) groups is 1. The number of rotatable bonds is 3. The third-order valence-corrected chi connectivity index (χ3v) is 5.96. The van der Waals surface area contributed by atoms with Crippen LogP contribution >= 0.6 is 32.9 Å². The van der Waals surface area contributed by atoms with Gasteiger partial charge in [0.15, 0.2) is 0 Å². The van der Waals surface area contributed by atoms with Crippen LogP contribution in [0.15, 0.2) is 48.5 Å². The van der Waals surface area contributed by atoms with Gasteiger partial charge in [-0.05, 0) is 54.1 Å². The summed E-state index contributed by atoms with van der Waals surface area (Å²) in [6, 6.07) is 13.3. The summed E-state index contributed by atoms with van der Waals surface area (Å²) in [4.78, 5) is 13.2. The van der Waals surface area contributed by atoms with Gasteiger partial charge in [0.05, 0.1) is 0 Å². The first-order valence-electron chi connectivity index (χ1n) is 6.54. The molecule has 1 heterocycles. The van der Waals surface area contributed by atoms with Crippen molar-refractivity contribution in [3.8, 4) is 21.9 Å². The number of aromatic hydroxyl groups is 1. The minimum atomic E-state index is -0.659. The number of nitrogen functional groups attached to an aromatic ring is 1. The first kappa shape index (κ1) is 15.7. The fourth-order valence-electron chi connectivity index (χ4n) is 1.94. The van der Waals surface area contributed by atoms with Crippen molar-refractivity contribution in [3.63, 3.8) is 0 Å². The number of esters is 1. The molecule has 2 aromatic carbocycles. The van der Waals surface area contributed by atoms with E-state index in [1.165, 1.54) is 18.2 Å². The van der Waals surface area contributed by atoms with Gasteiger partial charge in [0, 0.05) is 10.6 Å². The zero-order valence-electron chi connectivity index (χ0n) is 11.7. The van der Waals surface area contributed by atoms with Gasteiger partial charge in [0.25, 0.3) is 0 Å². The van der Waals surface area contributed by atoms with Gasteiger partial charge >= 0.3 is 5.97 Å². The van der Waals surface area contributed by atoms with E-state index in [2.05, 4.69) is 0 Å². The number of hydrogen-bond acceptors (Lipinski definition) is 7. The van der Waals surface area contributed by atoms with E-state index in [9.17, 15) is 9.90 Å². The Morgan fingerprint density at radius 2 is 1.83 bits per heavy atom. The zero-order chi connectivity index (χ0) is 16.4. The van der Waals surface area contributed by atoms with Crippen LogP contribution in [0.5, 0.6) is 11.5 Å². The second-order valence-electron chi connectivity index (χ2n) is 4.68. The normalized spacial score (nSPS) is 10.4. The second kappa shape index (κ2) is 6.49. The van der Waals surface area contributed by atoms with Crippen LogP contribution in [0, 0.1) is 3.82 Å². The van der Waals surface area contributed by atoms with Crippen LogP contribution in [0.3, 0.4) is 0 Å². The highest BCUT2D eigenvalue weighted by molar-refractivity contribution is 7.80. The van der Waals surface area contributed by atoms with Crippen molar-refractivity contribution in [3.05, 3.63) is 57.9 Å². The van der Waals surface area contributed by atoms with E-state index in [1.807, 2.05) is 18.2 Å². The van der Waals surface area contributed by atoms with E-state index < -0.39 is 5.97 Å². The third kappa shape index (κ3) is 3.58. The van der Waals surface area contributed by atoms with Crippen LogP contribution in [0.4, 0.5) is 5.69 Å². The molecule has 0 fully saturated rings. The number of phenols is 1. The van der Waals surface area contributed by atoms with E-state index in [0.29, 0.717) is 11.4 Å². The molecule has 1 aromatic heterocycles. The molecule has 0 bridgehead atoms. The molecule has 0 saturated carbocycles. The maximum Gasteiger partial charge on any atom is 0.347 e. The molecule has 23 heavy (non-hydrogen) atoms. The van der Waals surface area contributed by atoms with Gasteiger partial charge in [-0.15, -0.1) is 0 Å². The smallest absolute Gasteiger partial charge is 0.347 e. The van der Waals surface area contributed by atoms with Crippen LogP contribution in [-0.2, 0) is 0 Å². The van der Waals surface area contributed by atoms with Gasteiger partial charge in [0.2, 0.25) is 0 Å². The van der Waals surface area contributed by atoms with E-state index in [0.717, 1.165) is 14.3 Å². The number of phenolic OH excluding ortho intramolecular Hbond substituents is 1. The summed E-state index contributed by atoms with van der Waals surface area (Å²) < 4.78 is 6.11. The summed E-state index contributed by atoms with van der Waals surface area (Å²) >= 11 is 5.12. The van der Waals surface area contributed by atoms with Gasteiger partial charge < -0.3 is 15.6 Å². The minimum Gasteiger partial charge on any atom is -0.507 e. The molecule has 0 aliphatic heterocycles. The van der Waals surface area contributed by atoms with Gasteiger partial charge in [-0.2, -0.15) is 0 Å². The molecule has 0 aliphatic carbocycles. The summed E-state index contributed by atoms with van der Waals surface area (Å²) in [6.07, 6.45) is 0. The average molecular weight is 361 g/mol. The van der Waals surface area contributed by atoms with Crippen LogP contribution in [0.1, 0.15) is 10.4 Å². The number of anilines is 1. The zero-order valence-corrected chi connectivity index (χ0v) is 14.1. The van der Waals surface area contributed by atoms with Gasteiger partial charge in [-0.25, -0.2) is 4.79 Å². The molecule has 3 aromatic rings. The lowest BCUT2D eigenvalue weighted by molar-refractivity contribution is 0.0732. The lowest BCUT2D eigenvalue weighted by Gasteiger charge is -2.07. The van der Waals surface area contributed by atoms with Crippen LogP contribution in [0.2, 0.25) is 0 Å². The molecule has 7 heteroatoms. The van der Waals surface area contributed by atoms with Crippen molar-refractivity contribution in [1.29, 1.82) is 0 Å². The summed E-state index contributed by atoms with van der Waals surface area (Å²) in [7, 11) is 3.15. The van der Waals surface area contributed by atoms with Crippen LogP contribution in [0.25, 0.3) is 10.4 Å². The Bertz CT molecular complexity index is 913. The first-order valence-corrected chi connectivity index (χ1v) is 9.10. The third-order valence-electron chi connectivity index (χ3n) is 3.05. The molecule has 0 spiro atoms. The fourth-order valence-corrected chi connectivity index (χ4v) is 4.34. The molecule has 4 nitrogen and oxygen atoms in total. The first-order chi connectivity index (χ1) is 11.0. The molecule has 0 radical (unpaired) electrons. The van der Waals surface area contributed by atoms with Crippen molar-refractivity contribution in [2.45, 2.75) is 0 Å². The van der Waals surface area contributed by atoms with Gasteiger partial charge in [-0.1, -0.05) is 32.9 Å². The molecule has 3 N–H and O–H groups in total. The Kier molecular flexibility index (Phi) is 4.42. The van der Waals surface area contributed by atoms with Gasteiger partial charge in [-0.3, -0.25) is 0 Å². The predicted molar refractivity (Wildman–Crippen MR) is 95.9 cm³/mol. The van der Waals surface area contributed by atoms with E-state index in [4.69, 9.17) is 22.7 Å². The highest BCUT2D eigenvalue weighted by Crippen LogP contribution is 2.30. The fraction of sp³-hybridized carbons (Fsp3) is 0. The number of benzene rings is 2. The maximum absolute atomic E-state index is 12.1. The van der Waals surface area contributed by atoms with Crippen LogP contribution in [-0.4, -0.2) is 11.1 Å². The predicted octanol–water partition coefficient (Wildman–Crippen LogP) is 4.71. The summed E-state index contributed by atoms with van der Waals surface area (Å²) in [6.45, 7) is 0. The molecule has 0 saturated heterocycles. The standard InChI is InChI=1S/C16H11NO3S3/c17-10-3-6-13(18)12(7-10)16(19)20-11-4-1-9(2-5-11)14-8-15(21)23-22-14/h1-8,18H,17H2. The molecular weight excluding hydrogens is 350 g/mol. The lowest BCUT2D eigenvalue weighted by atomic mass is 10.1. The number of hydrogen-bond donors (Lipinski definition) is 2. The van der Waals surface area contributed by atoms with Crippen molar-refractivity contribution < 1.29 is 14.6 Å². The van der Waals surface area contributed by atoms with Crippen LogP contribution < -0.4 is 10.5 Å². The Morgan fingerprint density at radius 1 is 1.09 bits per heavy atom. The monoisotopic (exact) mass is 361 g/mol. The van der Waals surface area contributed by atoms with E-state index in [-0.39, 0.29) is 11.3 Å². The Morgan fingerprint density at radius 3 is 2.48 bits per heavy atom. The van der Waals surface area contributed by atoms with Crippen molar-refractivity contribution in [2.24, 2.45) is 0 Å². The molecule has 0 atom stereocenters. The SMILES string of the molecule is Nc1ccc(O)c(C(=O)Oc2ccc(-c3cc(=S)ss3)cc2)c1. The minimum absolute atomic E-state index is 0.0323. The van der Waals surface area contributed by atoms with Gasteiger partial charge in [0.1, 0.15) is 20.9 Å². The number of carbonyl (C=O) groups excluding carboxylic acids is 1. The highest BCUT2D eigenvalue weighted by atomic mass is 32.9. The lowest BCUT2D eigenvalue weighted by Crippen LogP contribution is -2.09. The average Bonchev–Trinajstić information content (AvgIpc) is 2.97. The highest BCUT2D eigenvalue weighted by Gasteiger charge is 2.14. The summed E-state index contributed by atoms with van der Waals surface area (Å²) in [5, 5.41) is 9.71. The number of ether oxygens (including phenoxy) is 1. The van der Waals surface area contributed by atoms with E-state index >= 15 is 0 Å². The summed E-state index contributed by atoms with van der Waals surface area (Å²) in [5.41, 5.74) is 7.04. The molecule has 0 amide bonds. The quantitative estimate of drug-likeness (QED) is 0.176. The Balaban J connectivity index is 1.79. The van der Waals surface area contributed by atoms with E-state index in [1.54, 1.807) is 32.8 Å². The second-order valence-corrected chi connectivity index (χ2v) is 7.60. The molecule has 3 rings (SSSR count). The topological polar surface area (TPSA) is 72.5 Å². The van der Waals surface area contributed by atoms with Crippen molar-refractivity contribution in [1.82, 2.24) is 0 Å². The Labute approximate surface area is 144 Å². The maximum atomic E-state index is 12.1. The Hall–Kier alpha value is -2.22. The molecular formula is C16H11NO3S3. The molecule has 116 valence electrons. The largest absolute Gasteiger partial charge is 0.507 e. The molecule has 0 unspecified atom stereocenters.